The molecule has 1 aliphatic carbocycles. The lowest BCUT2D eigenvalue weighted by molar-refractivity contribution is -0.141. The Hall–Kier alpha value is -2.92. The van der Waals surface area contributed by atoms with Crippen molar-refractivity contribution in [2.24, 2.45) is 5.92 Å². The summed E-state index contributed by atoms with van der Waals surface area (Å²) in [7, 11) is 0. The summed E-state index contributed by atoms with van der Waals surface area (Å²) in [5.74, 6) is -2.76. The fourth-order valence-corrected chi connectivity index (χ4v) is 5.92. The summed E-state index contributed by atoms with van der Waals surface area (Å²) < 4.78 is 75.1. The molecule has 0 radical (unpaired) electrons. The van der Waals surface area contributed by atoms with Crippen molar-refractivity contribution in [3.05, 3.63) is 63.2 Å². The average molecular weight is 601 g/mol. The second-order valence-corrected chi connectivity index (χ2v) is 11.5. The minimum absolute atomic E-state index is 0.00463. The maximum atomic E-state index is 15.1. The number of carbonyl (C=O) groups is 2. The van der Waals surface area contributed by atoms with Gasteiger partial charge in [0.25, 0.3) is 5.91 Å². The molecule has 41 heavy (non-hydrogen) atoms. The third kappa shape index (κ3) is 6.61. The molecule has 2 heterocycles. The number of carboxylic acid groups (broad SMARTS) is 1. The van der Waals surface area contributed by atoms with Crippen LogP contribution in [0.15, 0.2) is 24.3 Å². The molecular formula is C29H30ClF5N2O4. The highest BCUT2D eigenvalue weighted by Crippen LogP contribution is 2.45. The van der Waals surface area contributed by atoms with Crippen molar-refractivity contribution in [2.75, 3.05) is 26.2 Å². The first-order chi connectivity index (χ1) is 19.4. The van der Waals surface area contributed by atoms with Gasteiger partial charge in [0.05, 0.1) is 22.8 Å². The first kappa shape index (κ1) is 29.6. The van der Waals surface area contributed by atoms with Crippen LogP contribution in [-0.2, 0) is 17.5 Å². The molecule has 3 aliphatic rings. The summed E-state index contributed by atoms with van der Waals surface area (Å²) in [5, 5.41) is 8.86. The van der Waals surface area contributed by atoms with Gasteiger partial charge < -0.3 is 14.7 Å². The average Bonchev–Trinajstić information content (AvgIpc) is 3.64. The van der Waals surface area contributed by atoms with Crippen LogP contribution in [0.1, 0.15) is 71.5 Å². The van der Waals surface area contributed by atoms with Gasteiger partial charge in [0, 0.05) is 24.7 Å². The smallest absolute Gasteiger partial charge is 0.416 e. The molecule has 2 aliphatic heterocycles. The lowest BCUT2D eigenvalue weighted by Crippen LogP contribution is -2.40. The number of halogens is 6. The minimum Gasteiger partial charge on any atom is -0.493 e. The molecule has 1 saturated carbocycles. The molecule has 1 atom stereocenters. The highest BCUT2D eigenvalue weighted by molar-refractivity contribution is 6.30. The Morgan fingerprint density at radius 3 is 2.34 bits per heavy atom. The van der Waals surface area contributed by atoms with Crippen LogP contribution in [0.4, 0.5) is 22.0 Å². The number of ether oxygens (including phenoxy) is 1. The predicted molar refractivity (Wildman–Crippen MR) is 140 cm³/mol. The molecule has 0 spiro atoms. The number of rotatable bonds is 8. The van der Waals surface area contributed by atoms with Gasteiger partial charge in [-0.1, -0.05) is 11.6 Å². The van der Waals surface area contributed by atoms with Gasteiger partial charge in [-0.25, -0.2) is 13.6 Å². The van der Waals surface area contributed by atoms with E-state index in [1.807, 2.05) is 4.90 Å². The number of hydrogen-bond acceptors (Lipinski definition) is 4. The van der Waals surface area contributed by atoms with Gasteiger partial charge in [0.2, 0.25) is 0 Å². The largest absolute Gasteiger partial charge is 0.493 e. The Kier molecular flexibility index (Phi) is 8.48. The molecule has 6 nitrogen and oxygen atoms in total. The van der Waals surface area contributed by atoms with Crippen LogP contribution in [-0.4, -0.2) is 59.1 Å². The Bertz CT molecular complexity index is 1330. The Morgan fingerprint density at radius 2 is 1.71 bits per heavy atom. The van der Waals surface area contributed by atoms with Crippen LogP contribution in [0.3, 0.4) is 0 Å². The fourth-order valence-electron chi connectivity index (χ4n) is 5.68. The number of amides is 1. The van der Waals surface area contributed by atoms with Crippen molar-refractivity contribution < 1.29 is 41.4 Å². The zero-order chi connectivity index (χ0) is 29.5. The second-order valence-electron chi connectivity index (χ2n) is 11.1. The summed E-state index contributed by atoms with van der Waals surface area (Å²) in [6.45, 7) is 1.57. The summed E-state index contributed by atoms with van der Waals surface area (Å²) in [6, 6.07) is 3.13. The van der Waals surface area contributed by atoms with Crippen molar-refractivity contribution in [1.82, 2.24) is 9.80 Å². The molecule has 1 N–H and O–H groups in total. The monoisotopic (exact) mass is 600 g/mol. The molecule has 2 saturated heterocycles. The van der Waals surface area contributed by atoms with E-state index in [0.717, 1.165) is 24.5 Å². The first-order valence-corrected chi connectivity index (χ1v) is 14.1. The Morgan fingerprint density at radius 1 is 1.00 bits per heavy atom. The maximum Gasteiger partial charge on any atom is 0.416 e. The van der Waals surface area contributed by atoms with E-state index < -0.39 is 46.3 Å². The standard InChI is InChI=1S/C29H30ClF5N2O4/c30-22-11-19(29(33,34)35)10-18(26(22)32)14-36-8-5-16(6-9-36)15-41-25-13-23(31)21(12-20(25)17-3-4-17)27(38)37-7-1-2-24(37)28(39)40/h10-13,16-17,24H,1-9,14-15H2,(H,39,40)/t24-/m0/s1. The van der Waals surface area contributed by atoms with Crippen molar-refractivity contribution in [2.45, 2.75) is 63.2 Å². The minimum atomic E-state index is -4.63. The maximum absolute atomic E-state index is 15.1. The van der Waals surface area contributed by atoms with E-state index in [1.54, 1.807) is 0 Å². The van der Waals surface area contributed by atoms with Crippen LogP contribution in [0.2, 0.25) is 5.02 Å². The SMILES string of the molecule is O=C(O)[C@@H]1CCCN1C(=O)c1cc(C2CC2)c(OCC2CCN(Cc3cc(C(F)(F)F)cc(Cl)c3F)CC2)cc1F. The summed E-state index contributed by atoms with van der Waals surface area (Å²) in [4.78, 5) is 27.7. The molecule has 12 heteroatoms. The van der Waals surface area contributed by atoms with Crippen LogP contribution in [0.25, 0.3) is 0 Å². The van der Waals surface area contributed by atoms with Crippen LogP contribution in [0, 0.1) is 17.6 Å². The quantitative estimate of drug-likeness (QED) is 0.351. The normalized spacial score (nSPS) is 20.4. The number of piperidine rings is 1. The third-order valence-electron chi connectivity index (χ3n) is 8.15. The highest BCUT2D eigenvalue weighted by atomic mass is 35.5. The molecule has 1 amide bonds. The van der Waals surface area contributed by atoms with E-state index in [4.69, 9.17) is 16.3 Å². The fraction of sp³-hybridized carbons (Fsp3) is 0.517. The molecule has 2 aromatic carbocycles. The highest BCUT2D eigenvalue weighted by Gasteiger charge is 2.37. The van der Waals surface area contributed by atoms with Gasteiger partial charge in [-0.2, -0.15) is 13.2 Å². The number of aliphatic carboxylic acids is 1. The zero-order valence-electron chi connectivity index (χ0n) is 22.2. The predicted octanol–water partition coefficient (Wildman–Crippen LogP) is 6.49. The van der Waals surface area contributed by atoms with Crippen LogP contribution in [0.5, 0.6) is 5.75 Å². The number of carboxylic acids is 1. The topological polar surface area (TPSA) is 70.1 Å². The molecule has 2 aromatic rings. The molecule has 3 fully saturated rings. The third-order valence-corrected chi connectivity index (χ3v) is 8.43. The van der Waals surface area contributed by atoms with Crippen molar-refractivity contribution in [3.63, 3.8) is 0 Å². The Balaban J connectivity index is 1.21. The molecule has 0 bridgehead atoms. The van der Waals surface area contributed by atoms with Gasteiger partial charge in [-0.3, -0.25) is 9.69 Å². The summed E-state index contributed by atoms with van der Waals surface area (Å²) in [6.07, 6.45) is -0.689. The summed E-state index contributed by atoms with van der Waals surface area (Å²) in [5.41, 5.74) is -0.518. The van der Waals surface area contributed by atoms with E-state index >= 15 is 4.39 Å². The number of alkyl halides is 3. The number of likely N-dealkylation sites (tertiary alicyclic amines) is 2. The zero-order valence-corrected chi connectivity index (χ0v) is 22.9. The molecule has 5 rings (SSSR count). The lowest BCUT2D eigenvalue weighted by atomic mass is 9.97. The van der Waals surface area contributed by atoms with Gasteiger partial charge in [-0.05, 0) is 87.2 Å². The first-order valence-electron chi connectivity index (χ1n) is 13.7. The number of benzene rings is 2. The van der Waals surface area contributed by atoms with E-state index in [1.165, 1.54) is 17.0 Å². The second kappa shape index (κ2) is 11.8. The summed E-state index contributed by atoms with van der Waals surface area (Å²) >= 11 is 5.71. The molecule has 0 aromatic heterocycles. The van der Waals surface area contributed by atoms with Gasteiger partial charge in [0.15, 0.2) is 0 Å². The molecular weight excluding hydrogens is 571 g/mol. The number of carbonyl (C=O) groups excluding carboxylic acids is 1. The number of hydrogen-bond donors (Lipinski definition) is 1. The van der Waals surface area contributed by atoms with Gasteiger partial charge in [-0.15, -0.1) is 0 Å². The van der Waals surface area contributed by atoms with E-state index in [0.29, 0.717) is 50.6 Å². The van der Waals surface area contributed by atoms with Crippen molar-refractivity contribution >= 4 is 23.5 Å². The van der Waals surface area contributed by atoms with Gasteiger partial charge >= 0.3 is 12.1 Å². The van der Waals surface area contributed by atoms with Crippen molar-refractivity contribution in [3.8, 4) is 5.75 Å². The van der Waals surface area contributed by atoms with Crippen LogP contribution >= 0.6 is 11.6 Å². The van der Waals surface area contributed by atoms with Crippen molar-refractivity contribution in [1.29, 1.82) is 0 Å². The van der Waals surface area contributed by atoms with E-state index in [-0.39, 0.29) is 42.7 Å². The Labute approximate surface area is 239 Å². The van der Waals surface area contributed by atoms with E-state index in [9.17, 15) is 32.3 Å². The number of nitrogens with zero attached hydrogens (tertiary/aromatic N) is 2. The van der Waals surface area contributed by atoms with Gasteiger partial charge in [0.1, 0.15) is 23.4 Å². The van der Waals surface area contributed by atoms with Crippen LogP contribution < -0.4 is 4.74 Å². The van der Waals surface area contributed by atoms with E-state index in [2.05, 4.69) is 0 Å². The molecule has 0 unspecified atom stereocenters. The lowest BCUT2D eigenvalue weighted by Gasteiger charge is -2.32. The molecule has 222 valence electrons.